The fraction of sp³-hybridized carbons (Fsp3) is 0.818. The van der Waals surface area contributed by atoms with Crippen LogP contribution in [0.2, 0.25) is 0 Å². The van der Waals surface area contributed by atoms with Crippen LogP contribution in [0.1, 0.15) is 19.8 Å². The van der Waals surface area contributed by atoms with Crippen molar-refractivity contribution in [1.29, 1.82) is 0 Å². The molecule has 6 nitrogen and oxygen atoms in total. The minimum absolute atomic E-state index is 0.260. The molecular formula is C11H22N4O2. The molecule has 1 heterocycles. The molecule has 0 radical (unpaired) electrons. The summed E-state index contributed by atoms with van der Waals surface area (Å²) in [6.07, 6.45) is 2.36. The molecule has 3 N–H and O–H groups in total. The van der Waals surface area contributed by atoms with Gasteiger partial charge in [-0.25, -0.2) is 4.79 Å². The van der Waals surface area contributed by atoms with Gasteiger partial charge in [0.2, 0.25) is 5.91 Å². The summed E-state index contributed by atoms with van der Waals surface area (Å²) in [7, 11) is 1.49. The van der Waals surface area contributed by atoms with Crippen LogP contribution in [0.4, 0.5) is 4.79 Å². The monoisotopic (exact) mass is 242 g/mol. The number of imide groups is 1. The summed E-state index contributed by atoms with van der Waals surface area (Å²) < 4.78 is 0. The van der Waals surface area contributed by atoms with E-state index in [4.69, 9.17) is 0 Å². The van der Waals surface area contributed by atoms with E-state index in [0.717, 1.165) is 26.1 Å². The van der Waals surface area contributed by atoms with Gasteiger partial charge in [-0.2, -0.15) is 0 Å². The third kappa shape index (κ3) is 5.14. The van der Waals surface area contributed by atoms with Crippen LogP contribution in [-0.2, 0) is 4.79 Å². The van der Waals surface area contributed by atoms with E-state index in [1.54, 1.807) is 0 Å². The Bertz CT molecular complexity index is 264. The highest BCUT2D eigenvalue weighted by molar-refractivity contribution is 5.95. The number of carbonyl (C=O) groups is 2. The zero-order valence-corrected chi connectivity index (χ0v) is 10.6. The Labute approximate surface area is 102 Å². The van der Waals surface area contributed by atoms with E-state index in [9.17, 15) is 9.59 Å². The highest BCUT2D eigenvalue weighted by Crippen LogP contribution is 2.06. The number of carbonyl (C=O) groups excluding carboxylic acids is 2. The molecule has 17 heavy (non-hydrogen) atoms. The number of urea groups is 1. The maximum Gasteiger partial charge on any atom is 0.321 e. The first-order valence-electron chi connectivity index (χ1n) is 6.13. The molecule has 0 aromatic carbocycles. The molecule has 0 aromatic rings. The number of nitrogens with one attached hydrogen (secondary N) is 3. The Hall–Kier alpha value is -1.14. The first kappa shape index (κ1) is 13.9. The lowest BCUT2D eigenvalue weighted by molar-refractivity contribution is -0.121. The average molecular weight is 242 g/mol. The summed E-state index contributed by atoms with van der Waals surface area (Å²) in [6.45, 7) is 5.01. The Morgan fingerprint density at radius 2 is 2.24 bits per heavy atom. The normalized spacial score (nSPS) is 19.4. The fourth-order valence-corrected chi connectivity index (χ4v) is 1.96. The number of hydrogen-bond acceptors (Lipinski definition) is 4. The van der Waals surface area contributed by atoms with Gasteiger partial charge in [-0.05, 0) is 25.9 Å². The Kier molecular flexibility index (Phi) is 5.93. The molecule has 1 unspecified atom stereocenters. The summed E-state index contributed by atoms with van der Waals surface area (Å²) >= 11 is 0. The summed E-state index contributed by atoms with van der Waals surface area (Å²) in [5.74, 6) is -0.260. The van der Waals surface area contributed by atoms with Crippen LogP contribution < -0.4 is 16.0 Å². The van der Waals surface area contributed by atoms with E-state index in [-0.39, 0.29) is 12.5 Å². The van der Waals surface area contributed by atoms with Crippen LogP contribution in [0.15, 0.2) is 0 Å². The zero-order valence-electron chi connectivity index (χ0n) is 10.6. The number of amides is 3. The minimum Gasteiger partial charge on any atom is -0.341 e. The highest BCUT2D eigenvalue weighted by atomic mass is 16.2. The van der Waals surface area contributed by atoms with E-state index in [2.05, 4.69) is 16.0 Å². The van der Waals surface area contributed by atoms with Gasteiger partial charge in [0.15, 0.2) is 0 Å². The van der Waals surface area contributed by atoms with Crippen molar-refractivity contribution in [1.82, 2.24) is 20.9 Å². The Morgan fingerprint density at radius 3 is 2.76 bits per heavy atom. The average Bonchev–Trinajstić information content (AvgIpc) is 2.80. The molecule has 0 saturated carbocycles. The predicted molar refractivity (Wildman–Crippen MR) is 65.7 cm³/mol. The van der Waals surface area contributed by atoms with Gasteiger partial charge in [-0.3, -0.25) is 15.0 Å². The van der Waals surface area contributed by atoms with Gasteiger partial charge in [0.05, 0.1) is 6.54 Å². The second kappa shape index (κ2) is 7.24. The topological polar surface area (TPSA) is 73.5 Å². The predicted octanol–water partition coefficient (Wildman–Crippen LogP) is -0.484. The van der Waals surface area contributed by atoms with Crippen molar-refractivity contribution in [2.45, 2.75) is 25.8 Å². The summed E-state index contributed by atoms with van der Waals surface area (Å²) in [4.78, 5) is 24.5. The molecule has 1 saturated heterocycles. The van der Waals surface area contributed by atoms with Gasteiger partial charge in [0, 0.05) is 19.6 Å². The number of nitrogens with zero attached hydrogens (tertiary/aromatic N) is 1. The fourth-order valence-electron chi connectivity index (χ4n) is 1.96. The van der Waals surface area contributed by atoms with Crippen LogP contribution in [0, 0.1) is 0 Å². The van der Waals surface area contributed by atoms with Crippen molar-refractivity contribution in [2.75, 3.05) is 33.2 Å². The number of rotatable bonds is 5. The van der Waals surface area contributed by atoms with Crippen LogP contribution in [0.3, 0.4) is 0 Å². The molecule has 0 aromatic heterocycles. The van der Waals surface area contributed by atoms with Crippen LogP contribution >= 0.6 is 0 Å². The van der Waals surface area contributed by atoms with E-state index in [1.165, 1.54) is 13.5 Å². The molecule has 1 atom stereocenters. The molecule has 0 aliphatic carbocycles. The molecule has 1 fully saturated rings. The van der Waals surface area contributed by atoms with Crippen molar-refractivity contribution >= 4 is 11.9 Å². The molecule has 1 aliphatic rings. The van der Waals surface area contributed by atoms with Crippen LogP contribution in [0.25, 0.3) is 0 Å². The molecule has 0 bridgehead atoms. The zero-order chi connectivity index (χ0) is 12.7. The van der Waals surface area contributed by atoms with Crippen molar-refractivity contribution in [3.63, 3.8) is 0 Å². The number of likely N-dealkylation sites (N-methyl/N-ethyl adjacent to an activating group) is 1. The van der Waals surface area contributed by atoms with Crippen LogP contribution in [0.5, 0.6) is 0 Å². The second-order valence-corrected chi connectivity index (χ2v) is 4.25. The van der Waals surface area contributed by atoms with E-state index >= 15 is 0 Å². The van der Waals surface area contributed by atoms with Gasteiger partial charge >= 0.3 is 6.03 Å². The summed E-state index contributed by atoms with van der Waals surface area (Å²) in [5.41, 5.74) is 0. The quantitative estimate of drug-likeness (QED) is 0.608. The number of hydrogen-bond donors (Lipinski definition) is 3. The van der Waals surface area contributed by atoms with Gasteiger partial charge in [0.1, 0.15) is 0 Å². The van der Waals surface area contributed by atoms with Crippen molar-refractivity contribution in [2.24, 2.45) is 0 Å². The lowest BCUT2D eigenvalue weighted by atomic mass is 10.2. The third-order valence-corrected chi connectivity index (χ3v) is 2.94. The lowest BCUT2D eigenvalue weighted by Gasteiger charge is -2.23. The van der Waals surface area contributed by atoms with Crippen molar-refractivity contribution in [3.05, 3.63) is 0 Å². The molecule has 3 amide bonds. The lowest BCUT2D eigenvalue weighted by Crippen LogP contribution is -2.46. The molecule has 1 aliphatic heterocycles. The largest absolute Gasteiger partial charge is 0.341 e. The maximum absolute atomic E-state index is 11.5. The summed E-state index contributed by atoms with van der Waals surface area (Å²) in [5, 5.41) is 8.02. The maximum atomic E-state index is 11.5. The molecule has 0 spiro atoms. The van der Waals surface area contributed by atoms with Crippen LogP contribution in [-0.4, -0.2) is 56.1 Å². The Morgan fingerprint density at radius 1 is 1.47 bits per heavy atom. The van der Waals surface area contributed by atoms with E-state index in [1.807, 2.05) is 11.8 Å². The highest BCUT2D eigenvalue weighted by Gasteiger charge is 2.19. The summed E-state index contributed by atoms with van der Waals surface area (Å²) in [6, 6.07) is 0.0211. The SMILES string of the molecule is CCN(CC(=O)NC(=O)NC)CC1CCCN1. The van der Waals surface area contributed by atoms with Crippen molar-refractivity contribution in [3.8, 4) is 0 Å². The Balaban J connectivity index is 2.29. The van der Waals surface area contributed by atoms with Gasteiger partial charge in [-0.1, -0.05) is 6.92 Å². The minimum atomic E-state index is -0.454. The van der Waals surface area contributed by atoms with Gasteiger partial charge in [-0.15, -0.1) is 0 Å². The van der Waals surface area contributed by atoms with E-state index in [0.29, 0.717) is 6.04 Å². The first-order chi connectivity index (χ1) is 8.15. The van der Waals surface area contributed by atoms with Gasteiger partial charge < -0.3 is 10.6 Å². The standard InChI is InChI=1S/C11H22N4O2/c1-3-15(7-9-5-4-6-13-9)8-10(16)14-11(17)12-2/h9,13H,3-8H2,1-2H3,(H2,12,14,16,17). The molecule has 6 heteroatoms. The molecule has 98 valence electrons. The molecular weight excluding hydrogens is 220 g/mol. The molecule has 1 rings (SSSR count). The first-order valence-corrected chi connectivity index (χ1v) is 6.13. The second-order valence-electron chi connectivity index (χ2n) is 4.25. The van der Waals surface area contributed by atoms with E-state index < -0.39 is 6.03 Å². The van der Waals surface area contributed by atoms with Gasteiger partial charge in [0.25, 0.3) is 0 Å². The smallest absolute Gasteiger partial charge is 0.321 e. The van der Waals surface area contributed by atoms with Crippen molar-refractivity contribution < 1.29 is 9.59 Å². The third-order valence-electron chi connectivity index (χ3n) is 2.94.